The van der Waals surface area contributed by atoms with Gasteiger partial charge in [0.2, 0.25) is 0 Å². The molecule has 1 amide bonds. The van der Waals surface area contributed by atoms with Crippen molar-refractivity contribution in [2.75, 3.05) is 13.7 Å². The van der Waals surface area contributed by atoms with E-state index in [9.17, 15) is 9.59 Å². The average molecular weight is 398 g/mol. The Morgan fingerprint density at radius 2 is 1.89 bits per heavy atom. The molecule has 1 aromatic rings. The van der Waals surface area contributed by atoms with E-state index < -0.39 is 12.1 Å². The molecular weight excluding hydrogens is 370 g/mol. The third kappa shape index (κ3) is 4.86. The zero-order valence-corrected chi connectivity index (χ0v) is 17.3. The van der Waals surface area contributed by atoms with E-state index in [2.05, 4.69) is 0 Å². The van der Waals surface area contributed by atoms with Crippen molar-refractivity contribution in [1.29, 1.82) is 0 Å². The molecule has 27 heavy (non-hydrogen) atoms. The van der Waals surface area contributed by atoms with E-state index in [1.165, 1.54) is 19.2 Å². The number of benzene rings is 1. The Bertz CT molecular complexity index is 683. The van der Waals surface area contributed by atoms with Crippen LogP contribution in [0.5, 0.6) is 11.5 Å². The molecule has 1 aliphatic rings. The summed E-state index contributed by atoms with van der Waals surface area (Å²) in [4.78, 5) is 27.2. The van der Waals surface area contributed by atoms with E-state index in [1.807, 2.05) is 25.7 Å². The number of esters is 1. The van der Waals surface area contributed by atoms with Crippen molar-refractivity contribution in [3.8, 4) is 11.5 Å². The third-order valence-corrected chi connectivity index (χ3v) is 5.11. The van der Waals surface area contributed by atoms with Crippen LogP contribution in [0.15, 0.2) is 12.1 Å². The molecule has 2 rings (SSSR count). The lowest BCUT2D eigenvalue weighted by atomic mass is 9.97. The van der Waals surface area contributed by atoms with Crippen LogP contribution in [-0.2, 0) is 9.53 Å². The molecular formula is C20H28ClNO5. The fourth-order valence-electron chi connectivity index (χ4n) is 3.47. The summed E-state index contributed by atoms with van der Waals surface area (Å²) >= 11 is 6.21. The lowest BCUT2D eigenvalue weighted by Crippen LogP contribution is -2.51. The standard InChI is InChI=1S/C20H28ClNO5/c1-6-26-18-16(21)10-15(11-17(18)25-5)20(24)27-14(4)19(23)22-12(2)8-7-9-13(22)3/h10-14H,6-9H2,1-5H3/t12-,13-,14-/m0/s1. The number of ether oxygens (including phenoxy) is 3. The predicted molar refractivity (Wildman–Crippen MR) is 104 cm³/mol. The molecule has 150 valence electrons. The van der Waals surface area contributed by atoms with Crippen LogP contribution in [0.4, 0.5) is 0 Å². The monoisotopic (exact) mass is 397 g/mol. The van der Waals surface area contributed by atoms with E-state index in [0.717, 1.165) is 19.3 Å². The fraction of sp³-hybridized carbons (Fsp3) is 0.600. The first-order valence-electron chi connectivity index (χ1n) is 9.33. The van der Waals surface area contributed by atoms with Gasteiger partial charge in [-0.15, -0.1) is 0 Å². The van der Waals surface area contributed by atoms with E-state index in [-0.39, 0.29) is 28.6 Å². The maximum Gasteiger partial charge on any atom is 0.339 e. The zero-order chi connectivity index (χ0) is 20.1. The summed E-state index contributed by atoms with van der Waals surface area (Å²) in [6.07, 6.45) is 2.15. The van der Waals surface area contributed by atoms with Crippen LogP contribution in [0, 0.1) is 0 Å². The highest BCUT2D eigenvalue weighted by Gasteiger charge is 2.33. The van der Waals surface area contributed by atoms with E-state index in [4.69, 9.17) is 25.8 Å². The van der Waals surface area contributed by atoms with Gasteiger partial charge < -0.3 is 19.1 Å². The minimum Gasteiger partial charge on any atom is -0.493 e. The van der Waals surface area contributed by atoms with Crippen molar-refractivity contribution >= 4 is 23.5 Å². The number of likely N-dealkylation sites (tertiary alicyclic amines) is 1. The molecule has 3 atom stereocenters. The smallest absolute Gasteiger partial charge is 0.339 e. The van der Waals surface area contributed by atoms with Gasteiger partial charge in [-0.05, 0) is 59.1 Å². The molecule has 0 radical (unpaired) electrons. The first-order chi connectivity index (χ1) is 12.8. The average Bonchev–Trinajstić information content (AvgIpc) is 2.62. The van der Waals surface area contributed by atoms with Crippen LogP contribution < -0.4 is 9.47 Å². The second-order valence-electron chi connectivity index (χ2n) is 6.84. The second kappa shape index (κ2) is 9.31. The highest BCUT2D eigenvalue weighted by atomic mass is 35.5. The molecule has 1 fully saturated rings. The van der Waals surface area contributed by atoms with Crippen LogP contribution >= 0.6 is 11.6 Å². The summed E-state index contributed by atoms with van der Waals surface area (Å²) in [5, 5.41) is 0.250. The third-order valence-electron chi connectivity index (χ3n) is 4.83. The molecule has 1 aliphatic heterocycles. The van der Waals surface area contributed by atoms with Gasteiger partial charge in [0.25, 0.3) is 5.91 Å². The van der Waals surface area contributed by atoms with E-state index >= 15 is 0 Å². The van der Waals surface area contributed by atoms with Gasteiger partial charge in [-0.3, -0.25) is 4.79 Å². The van der Waals surface area contributed by atoms with Gasteiger partial charge in [-0.2, -0.15) is 0 Å². The van der Waals surface area contributed by atoms with Gasteiger partial charge in [0, 0.05) is 12.1 Å². The van der Waals surface area contributed by atoms with Crippen molar-refractivity contribution in [2.24, 2.45) is 0 Å². The summed E-state index contributed by atoms with van der Waals surface area (Å²) in [5.74, 6) is -0.0877. The molecule has 0 aliphatic carbocycles. The molecule has 0 N–H and O–H groups in total. The number of rotatable bonds is 6. The molecule has 1 heterocycles. The second-order valence-corrected chi connectivity index (χ2v) is 7.25. The van der Waals surface area contributed by atoms with Crippen molar-refractivity contribution in [3.05, 3.63) is 22.7 Å². The maximum absolute atomic E-state index is 12.8. The van der Waals surface area contributed by atoms with Crippen LogP contribution in [0.2, 0.25) is 5.02 Å². The Labute approximate surface area is 165 Å². The number of nitrogens with zero attached hydrogens (tertiary/aromatic N) is 1. The summed E-state index contributed by atoms with van der Waals surface area (Å²) < 4.78 is 16.1. The first kappa shape index (κ1) is 21.4. The van der Waals surface area contributed by atoms with Gasteiger partial charge >= 0.3 is 5.97 Å². The molecule has 1 saturated heterocycles. The Morgan fingerprint density at radius 1 is 1.26 bits per heavy atom. The van der Waals surface area contributed by atoms with Crippen LogP contribution in [0.1, 0.15) is 57.3 Å². The Morgan fingerprint density at radius 3 is 2.44 bits per heavy atom. The van der Waals surface area contributed by atoms with Crippen LogP contribution in [0.25, 0.3) is 0 Å². The topological polar surface area (TPSA) is 65.1 Å². The normalized spacial score (nSPS) is 20.7. The molecule has 7 heteroatoms. The Hall–Kier alpha value is -1.95. The maximum atomic E-state index is 12.8. The molecule has 1 aromatic carbocycles. The van der Waals surface area contributed by atoms with Crippen LogP contribution in [0.3, 0.4) is 0 Å². The highest BCUT2D eigenvalue weighted by molar-refractivity contribution is 6.32. The van der Waals surface area contributed by atoms with Gasteiger partial charge in [-0.25, -0.2) is 4.79 Å². The zero-order valence-electron chi connectivity index (χ0n) is 16.6. The lowest BCUT2D eigenvalue weighted by Gasteiger charge is -2.40. The van der Waals surface area contributed by atoms with Gasteiger partial charge in [-0.1, -0.05) is 11.6 Å². The molecule has 0 saturated carbocycles. The van der Waals surface area contributed by atoms with Crippen molar-refractivity contribution < 1.29 is 23.8 Å². The quantitative estimate of drug-likeness (QED) is 0.676. The summed E-state index contributed by atoms with van der Waals surface area (Å²) in [6.45, 7) is 7.89. The SMILES string of the molecule is CCOc1c(Cl)cc(C(=O)O[C@@H](C)C(=O)N2[C@@H](C)CCC[C@@H]2C)cc1OC. The number of amides is 1. The van der Waals surface area contributed by atoms with Gasteiger partial charge in [0.05, 0.1) is 24.3 Å². The van der Waals surface area contributed by atoms with Crippen molar-refractivity contribution in [1.82, 2.24) is 4.90 Å². The molecule has 6 nitrogen and oxygen atoms in total. The molecule has 0 unspecified atom stereocenters. The minimum absolute atomic E-state index is 0.141. The number of hydrogen-bond donors (Lipinski definition) is 0. The van der Waals surface area contributed by atoms with E-state index in [0.29, 0.717) is 18.1 Å². The predicted octanol–water partition coefficient (Wildman–Crippen LogP) is 4.08. The Balaban J connectivity index is 2.14. The first-order valence-corrected chi connectivity index (χ1v) is 9.71. The van der Waals surface area contributed by atoms with Gasteiger partial charge in [0.15, 0.2) is 17.6 Å². The van der Waals surface area contributed by atoms with Crippen molar-refractivity contribution in [2.45, 2.75) is 65.1 Å². The Kier molecular flexibility index (Phi) is 7.36. The largest absolute Gasteiger partial charge is 0.493 e. The lowest BCUT2D eigenvalue weighted by molar-refractivity contribution is -0.146. The fourth-order valence-corrected chi connectivity index (χ4v) is 3.73. The number of piperidine rings is 1. The summed E-state index contributed by atoms with van der Waals surface area (Å²) in [6, 6.07) is 3.24. The summed E-state index contributed by atoms with van der Waals surface area (Å²) in [7, 11) is 1.47. The number of methoxy groups -OCH3 is 1. The number of halogens is 1. The molecule has 0 spiro atoms. The molecule has 0 bridgehead atoms. The number of hydrogen-bond acceptors (Lipinski definition) is 5. The minimum atomic E-state index is -0.878. The molecule has 0 aromatic heterocycles. The van der Waals surface area contributed by atoms with Crippen molar-refractivity contribution in [3.63, 3.8) is 0 Å². The van der Waals surface area contributed by atoms with Gasteiger partial charge in [0.1, 0.15) is 0 Å². The van der Waals surface area contributed by atoms with E-state index in [1.54, 1.807) is 6.92 Å². The summed E-state index contributed by atoms with van der Waals surface area (Å²) in [5.41, 5.74) is 0.208. The highest BCUT2D eigenvalue weighted by Crippen LogP contribution is 2.36. The number of carbonyl (C=O) groups is 2. The number of carbonyl (C=O) groups excluding carboxylic acids is 2. The van der Waals surface area contributed by atoms with Crippen LogP contribution in [-0.4, -0.2) is 48.7 Å².